The summed E-state index contributed by atoms with van der Waals surface area (Å²) in [6.45, 7) is 5.73. The van der Waals surface area contributed by atoms with Gasteiger partial charge in [0.05, 0.1) is 5.25 Å². The van der Waals surface area contributed by atoms with Crippen molar-refractivity contribution < 1.29 is 8.42 Å². The van der Waals surface area contributed by atoms with Gasteiger partial charge in [-0.15, -0.1) is 11.3 Å². The molecule has 0 N–H and O–H groups in total. The third-order valence-corrected chi connectivity index (χ3v) is 5.74. The zero-order valence-corrected chi connectivity index (χ0v) is 11.4. The van der Waals surface area contributed by atoms with Crippen LogP contribution in [0.1, 0.15) is 32.1 Å². The Morgan fingerprint density at radius 3 is 2.53 bits per heavy atom. The molecule has 0 saturated heterocycles. The van der Waals surface area contributed by atoms with E-state index in [0.717, 1.165) is 0 Å². The van der Waals surface area contributed by atoms with Crippen LogP contribution in [0, 0.1) is 0 Å². The standard InChI is InChI=1S/C10H15ClO2S2/c1-8(15(11,12)13)7-10(2,3)9-5-4-6-14-9/h4-6,8H,7H2,1-3H3. The van der Waals surface area contributed by atoms with Crippen molar-refractivity contribution in [1.29, 1.82) is 0 Å². The summed E-state index contributed by atoms with van der Waals surface area (Å²) >= 11 is 1.64. The molecule has 15 heavy (non-hydrogen) atoms. The molecular weight excluding hydrogens is 252 g/mol. The number of rotatable bonds is 4. The summed E-state index contributed by atoms with van der Waals surface area (Å²) in [5, 5.41) is 1.48. The minimum atomic E-state index is -3.45. The first-order valence-corrected chi connectivity index (χ1v) is 7.96. The van der Waals surface area contributed by atoms with Crippen molar-refractivity contribution in [3.8, 4) is 0 Å². The van der Waals surface area contributed by atoms with E-state index in [2.05, 4.69) is 0 Å². The molecule has 0 aliphatic rings. The molecule has 1 atom stereocenters. The van der Waals surface area contributed by atoms with Crippen LogP contribution in [0.4, 0.5) is 0 Å². The smallest absolute Gasteiger partial charge is 0.212 e. The zero-order chi connectivity index (χ0) is 11.7. The number of hydrogen-bond donors (Lipinski definition) is 0. The van der Waals surface area contributed by atoms with E-state index in [1.54, 1.807) is 18.3 Å². The van der Waals surface area contributed by atoms with Crippen LogP contribution < -0.4 is 0 Å². The van der Waals surface area contributed by atoms with Crippen LogP contribution in [0.25, 0.3) is 0 Å². The predicted molar refractivity (Wildman–Crippen MR) is 66.2 cm³/mol. The lowest BCUT2D eigenvalue weighted by Crippen LogP contribution is -2.25. The molecular formula is C10H15ClO2S2. The Hall–Kier alpha value is -0.0600. The highest BCUT2D eigenvalue weighted by molar-refractivity contribution is 8.14. The van der Waals surface area contributed by atoms with Crippen LogP contribution in [0.5, 0.6) is 0 Å². The van der Waals surface area contributed by atoms with Gasteiger partial charge < -0.3 is 0 Å². The Morgan fingerprint density at radius 1 is 1.53 bits per heavy atom. The first-order chi connectivity index (χ1) is 6.73. The molecule has 1 aromatic rings. The maximum atomic E-state index is 11.1. The van der Waals surface area contributed by atoms with Gasteiger partial charge in [-0.2, -0.15) is 0 Å². The molecule has 1 rings (SSSR count). The van der Waals surface area contributed by atoms with Gasteiger partial charge in [-0.1, -0.05) is 19.9 Å². The molecule has 0 bridgehead atoms. The van der Waals surface area contributed by atoms with E-state index in [1.807, 2.05) is 31.4 Å². The molecule has 0 aliphatic carbocycles. The van der Waals surface area contributed by atoms with E-state index in [4.69, 9.17) is 10.7 Å². The lowest BCUT2D eigenvalue weighted by atomic mass is 9.86. The van der Waals surface area contributed by atoms with Gasteiger partial charge in [0.1, 0.15) is 0 Å². The van der Waals surface area contributed by atoms with Crippen molar-refractivity contribution in [3.05, 3.63) is 22.4 Å². The number of halogens is 1. The van der Waals surface area contributed by atoms with Gasteiger partial charge in [0.25, 0.3) is 0 Å². The monoisotopic (exact) mass is 266 g/mol. The summed E-state index contributed by atoms with van der Waals surface area (Å²) in [7, 11) is 1.88. The largest absolute Gasteiger partial charge is 0.235 e. The van der Waals surface area contributed by atoms with Gasteiger partial charge >= 0.3 is 0 Å². The molecule has 1 aromatic heterocycles. The summed E-state index contributed by atoms with van der Waals surface area (Å²) in [6.07, 6.45) is 0.541. The number of hydrogen-bond acceptors (Lipinski definition) is 3. The lowest BCUT2D eigenvalue weighted by Gasteiger charge is -2.25. The molecule has 0 saturated carbocycles. The molecule has 2 nitrogen and oxygen atoms in total. The molecule has 5 heteroatoms. The summed E-state index contributed by atoms with van der Waals surface area (Å²) < 4.78 is 22.3. The first-order valence-electron chi connectivity index (χ1n) is 4.71. The molecule has 0 aromatic carbocycles. The van der Waals surface area contributed by atoms with Gasteiger partial charge in [-0.05, 0) is 24.8 Å². The normalized spacial score (nSPS) is 15.2. The van der Waals surface area contributed by atoms with Gasteiger partial charge in [0.2, 0.25) is 9.05 Å². The van der Waals surface area contributed by atoms with Crippen LogP contribution in [0.3, 0.4) is 0 Å². The van der Waals surface area contributed by atoms with E-state index in [1.165, 1.54) is 4.88 Å². The van der Waals surface area contributed by atoms with Crippen LogP contribution >= 0.6 is 22.0 Å². The molecule has 0 aliphatic heterocycles. The third kappa shape index (κ3) is 3.47. The molecule has 1 heterocycles. The second kappa shape index (κ2) is 4.44. The summed E-state index contributed by atoms with van der Waals surface area (Å²) in [6, 6.07) is 4.00. The fourth-order valence-electron chi connectivity index (χ4n) is 1.58. The summed E-state index contributed by atoms with van der Waals surface area (Å²) in [4.78, 5) is 1.19. The van der Waals surface area contributed by atoms with Crippen LogP contribution in [0.15, 0.2) is 17.5 Å². The zero-order valence-electron chi connectivity index (χ0n) is 9.03. The SMILES string of the molecule is CC(CC(C)(C)c1cccs1)S(=O)(=O)Cl. The third-order valence-electron chi connectivity index (χ3n) is 2.47. The average molecular weight is 267 g/mol. The van der Waals surface area contributed by atoms with E-state index < -0.39 is 14.3 Å². The van der Waals surface area contributed by atoms with E-state index in [0.29, 0.717) is 6.42 Å². The Labute approximate surface area is 99.7 Å². The highest BCUT2D eigenvalue weighted by atomic mass is 35.7. The topological polar surface area (TPSA) is 34.1 Å². The highest BCUT2D eigenvalue weighted by Gasteiger charge is 2.29. The van der Waals surface area contributed by atoms with E-state index >= 15 is 0 Å². The van der Waals surface area contributed by atoms with Crippen molar-refractivity contribution in [3.63, 3.8) is 0 Å². The highest BCUT2D eigenvalue weighted by Crippen LogP contribution is 2.33. The van der Waals surface area contributed by atoms with Crippen molar-refractivity contribution >= 4 is 31.1 Å². The second-order valence-electron chi connectivity index (χ2n) is 4.35. The quantitative estimate of drug-likeness (QED) is 0.783. The van der Waals surface area contributed by atoms with Crippen molar-refractivity contribution in [2.45, 2.75) is 37.9 Å². The average Bonchev–Trinajstić information content (AvgIpc) is 2.52. The van der Waals surface area contributed by atoms with Gasteiger partial charge in [-0.25, -0.2) is 8.42 Å². The van der Waals surface area contributed by atoms with Crippen LogP contribution in [0.2, 0.25) is 0 Å². The Kier molecular flexibility index (Phi) is 3.85. The Morgan fingerprint density at radius 2 is 2.13 bits per heavy atom. The lowest BCUT2D eigenvalue weighted by molar-refractivity contribution is 0.476. The van der Waals surface area contributed by atoms with Crippen LogP contribution in [-0.4, -0.2) is 13.7 Å². The Balaban J connectivity index is 2.82. The number of thiophene rings is 1. The van der Waals surface area contributed by atoms with Crippen molar-refractivity contribution in [1.82, 2.24) is 0 Å². The maximum absolute atomic E-state index is 11.1. The van der Waals surface area contributed by atoms with E-state index in [-0.39, 0.29) is 5.41 Å². The van der Waals surface area contributed by atoms with Gasteiger partial charge in [0.15, 0.2) is 0 Å². The molecule has 86 valence electrons. The van der Waals surface area contributed by atoms with Gasteiger partial charge in [0, 0.05) is 21.0 Å². The minimum Gasteiger partial charge on any atom is -0.212 e. The molecule has 0 fully saturated rings. The summed E-state index contributed by atoms with van der Waals surface area (Å²) in [5.41, 5.74) is -0.143. The minimum absolute atomic E-state index is 0.143. The molecule has 0 radical (unpaired) electrons. The van der Waals surface area contributed by atoms with Crippen molar-refractivity contribution in [2.75, 3.05) is 0 Å². The summed E-state index contributed by atoms with van der Waals surface area (Å²) in [5.74, 6) is 0. The first kappa shape index (κ1) is 13.0. The molecule has 0 amide bonds. The predicted octanol–water partition coefficient (Wildman–Crippen LogP) is 3.37. The molecule has 1 unspecified atom stereocenters. The van der Waals surface area contributed by atoms with Crippen LogP contribution in [-0.2, 0) is 14.5 Å². The maximum Gasteiger partial charge on any atom is 0.235 e. The fraction of sp³-hybridized carbons (Fsp3) is 0.600. The van der Waals surface area contributed by atoms with E-state index in [9.17, 15) is 8.42 Å². The fourth-order valence-corrected chi connectivity index (χ4v) is 3.25. The van der Waals surface area contributed by atoms with Crippen molar-refractivity contribution in [2.24, 2.45) is 0 Å². The van der Waals surface area contributed by atoms with Gasteiger partial charge in [-0.3, -0.25) is 0 Å². The second-order valence-corrected chi connectivity index (χ2v) is 8.35. The molecule has 0 spiro atoms. The Bertz CT molecular complexity index is 407.